The first kappa shape index (κ1) is 19.8. The van der Waals surface area contributed by atoms with Crippen LogP contribution in [0, 0.1) is 11.3 Å². The van der Waals surface area contributed by atoms with Crippen molar-refractivity contribution < 1.29 is 14.6 Å². The zero-order valence-electron chi connectivity index (χ0n) is 17.4. The van der Waals surface area contributed by atoms with Gasteiger partial charge in [-0.25, -0.2) is 9.50 Å². The predicted molar refractivity (Wildman–Crippen MR) is 114 cm³/mol. The number of ether oxygens (including phenoxy) is 2. The van der Waals surface area contributed by atoms with Crippen LogP contribution in [0.1, 0.15) is 19.4 Å². The quantitative estimate of drug-likeness (QED) is 0.640. The van der Waals surface area contributed by atoms with Crippen LogP contribution >= 0.6 is 0 Å². The van der Waals surface area contributed by atoms with E-state index in [1.54, 1.807) is 24.6 Å². The third-order valence-corrected chi connectivity index (χ3v) is 5.43. The minimum atomic E-state index is -0.966. The maximum Gasteiger partial charge on any atom is 0.138 e. The summed E-state index contributed by atoms with van der Waals surface area (Å²) in [7, 11) is 0. The summed E-state index contributed by atoms with van der Waals surface area (Å²) in [4.78, 5) is 6.91. The van der Waals surface area contributed by atoms with Crippen LogP contribution in [0.25, 0.3) is 16.6 Å². The Balaban J connectivity index is 1.49. The molecule has 9 nitrogen and oxygen atoms in total. The lowest BCUT2D eigenvalue weighted by molar-refractivity contribution is 0.0283. The molecule has 0 saturated carbocycles. The minimum Gasteiger partial charge on any atom is -0.489 e. The molecule has 160 valence electrons. The summed E-state index contributed by atoms with van der Waals surface area (Å²) < 4.78 is 13.1. The largest absolute Gasteiger partial charge is 0.489 e. The second-order valence-corrected chi connectivity index (χ2v) is 8.65. The number of anilines is 1. The number of piperazine rings is 1. The first-order chi connectivity index (χ1) is 14.9. The highest BCUT2D eigenvalue weighted by atomic mass is 16.5. The summed E-state index contributed by atoms with van der Waals surface area (Å²) >= 11 is 0. The lowest BCUT2D eigenvalue weighted by atomic mass is 10.0. The van der Waals surface area contributed by atoms with E-state index in [-0.39, 0.29) is 12.8 Å². The van der Waals surface area contributed by atoms with Gasteiger partial charge in [0, 0.05) is 23.9 Å². The van der Waals surface area contributed by atoms with E-state index in [0.29, 0.717) is 22.9 Å². The van der Waals surface area contributed by atoms with Crippen LogP contribution in [0.2, 0.25) is 0 Å². The monoisotopic (exact) mass is 420 g/mol. The molecule has 5 heterocycles. The number of nitrogens with zero attached hydrogens (tertiary/aromatic N) is 5. The third kappa shape index (κ3) is 3.93. The standard InChI is InChI=1S/C22H24N6O3/c1-22(2,29)13-31-17-5-18(21-15(6-23)8-25-28(21)10-17)14-3-4-19(24-7-14)27-9-16-12-30-20(11-27)26-16/h3-5,7-8,10,16,20,26,29H,9,11-13H2,1-2H3. The molecular weight excluding hydrogens is 396 g/mol. The molecule has 2 aliphatic rings. The highest BCUT2D eigenvalue weighted by molar-refractivity contribution is 5.85. The van der Waals surface area contributed by atoms with Gasteiger partial charge in [-0.3, -0.25) is 5.32 Å². The fourth-order valence-electron chi connectivity index (χ4n) is 4.00. The van der Waals surface area contributed by atoms with Crippen molar-refractivity contribution >= 4 is 11.3 Å². The van der Waals surface area contributed by atoms with Crippen molar-refractivity contribution in [1.29, 1.82) is 5.26 Å². The first-order valence-corrected chi connectivity index (χ1v) is 10.3. The Labute approximate surface area is 179 Å². The molecule has 2 fully saturated rings. The Morgan fingerprint density at radius 1 is 1.35 bits per heavy atom. The van der Waals surface area contributed by atoms with Crippen molar-refractivity contribution in [3.8, 4) is 22.9 Å². The summed E-state index contributed by atoms with van der Waals surface area (Å²) in [6, 6.07) is 8.38. The molecule has 0 amide bonds. The van der Waals surface area contributed by atoms with Gasteiger partial charge in [-0.15, -0.1) is 0 Å². The Morgan fingerprint density at radius 2 is 2.23 bits per heavy atom. The number of rotatable bonds is 5. The normalized spacial score (nSPS) is 20.8. The van der Waals surface area contributed by atoms with Crippen molar-refractivity contribution in [3.05, 3.63) is 42.4 Å². The zero-order chi connectivity index (χ0) is 21.6. The van der Waals surface area contributed by atoms with Gasteiger partial charge in [-0.1, -0.05) is 0 Å². The molecule has 0 radical (unpaired) electrons. The predicted octanol–water partition coefficient (Wildman–Crippen LogP) is 1.55. The molecule has 2 saturated heterocycles. The molecule has 2 aliphatic heterocycles. The molecule has 3 aromatic heterocycles. The number of hydrogen-bond donors (Lipinski definition) is 2. The topological polar surface area (TPSA) is 108 Å². The summed E-state index contributed by atoms with van der Waals surface area (Å²) in [5.41, 5.74) is 1.86. The number of pyridine rings is 2. The third-order valence-electron chi connectivity index (χ3n) is 5.43. The Bertz CT molecular complexity index is 1130. The lowest BCUT2D eigenvalue weighted by Crippen LogP contribution is -2.52. The van der Waals surface area contributed by atoms with Crippen molar-refractivity contribution in [3.63, 3.8) is 0 Å². The lowest BCUT2D eigenvalue weighted by Gasteiger charge is -2.32. The van der Waals surface area contributed by atoms with Gasteiger partial charge in [0.05, 0.1) is 48.3 Å². The molecule has 0 aliphatic carbocycles. The van der Waals surface area contributed by atoms with Crippen molar-refractivity contribution in [2.24, 2.45) is 0 Å². The van der Waals surface area contributed by atoms with Gasteiger partial charge < -0.3 is 19.5 Å². The number of aromatic nitrogens is 3. The maximum atomic E-state index is 10.00. The molecule has 0 aromatic carbocycles. The van der Waals surface area contributed by atoms with E-state index in [0.717, 1.165) is 36.6 Å². The second-order valence-electron chi connectivity index (χ2n) is 8.65. The minimum absolute atomic E-state index is 0.0504. The van der Waals surface area contributed by atoms with Crippen molar-refractivity contribution in [1.82, 2.24) is 19.9 Å². The molecule has 3 aromatic rings. The van der Waals surface area contributed by atoms with E-state index in [4.69, 9.17) is 9.47 Å². The number of hydrogen-bond acceptors (Lipinski definition) is 8. The summed E-state index contributed by atoms with van der Waals surface area (Å²) in [5, 5.41) is 27.3. The maximum absolute atomic E-state index is 10.00. The molecule has 9 heteroatoms. The summed E-state index contributed by atoms with van der Waals surface area (Å²) in [6.07, 6.45) is 5.11. The van der Waals surface area contributed by atoms with E-state index in [2.05, 4.69) is 26.4 Å². The van der Waals surface area contributed by atoms with Gasteiger partial charge in [-0.2, -0.15) is 10.4 Å². The molecule has 31 heavy (non-hydrogen) atoms. The van der Waals surface area contributed by atoms with Crippen LogP contribution < -0.4 is 15.0 Å². The van der Waals surface area contributed by atoms with Crippen LogP contribution in [-0.4, -0.2) is 63.9 Å². The van der Waals surface area contributed by atoms with Crippen LogP contribution in [0.4, 0.5) is 5.82 Å². The van der Waals surface area contributed by atoms with Gasteiger partial charge >= 0.3 is 0 Å². The van der Waals surface area contributed by atoms with Gasteiger partial charge in [-0.05, 0) is 32.0 Å². The molecule has 2 bridgehead atoms. The number of aliphatic hydroxyl groups is 1. The molecule has 2 atom stereocenters. The summed E-state index contributed by atoms with van der Waals surface area (Å²) in [5.74, 6) is 1.45. The Morgan fingerprint density at radius 3 is 2.94 bits per heavy atom. The van der Waals surface area contributed by atoms with Crippen LogP contribution in [0.5, 0.6) is 5.75 Å². The number of nitrogens with one attached hydrogen (secondary N) is 1. The van der Waals surface area contributed by atoms with Crippen molar-refractivity contribution in [2.45, 2.75) is 31.7 Å². The average Bonchev–Trinajstić information content (AvgIpc) is 3.33. The first-order valence-electron chi connectivity index (χ1n) is 10.3. The van der Waals surface area contributed by atoms with Gasteiger partial charge in [0.1, 0.15) is 30.5 Å². The Hall–Kier alpha value is -3.19. The fourth-order valence-corrected chi connectivity index (χ4v) is 4.00. The highest BCUT2D eigenvalue weighted by Gasteiger charge is 2.33. The zero-order valence-corrected chi connectivity index (χ0v) is 17.4. The number of nitriles is 1. The van der Waals surface area contributed by atoms with Crippen LogP contribution in [-0.2, 0) is 4.74 Å². The van der Waals surface area contributed by atoms with Crippen LogP contribution in [0.15, 0.2) is 36.8 Å². The van der Waals surface area contributed by atoms with E-state index in [9.17, 15) is 10.4 Å². The molecule has 2 unspecified atom stereocenters. The van der Waals surface area contributed by atoms with Gasteiger partial charge in [0.2, 0.25) is 0 Å². The summed E-state index contributed by atoms with van der Waals surface area (Å²) in [6.45, 7) is 5.85. The average molecular weight is 420 g/mol. The molecular formula is C22H24N6O3. The number of fused-ring (bicyclic) bond motifs is 3. The van der Waals surface area contributed by atoms with Gasteiger partial charge in [0.15, 0.2) is 0 Å². The van der Waals surface area contributed by atoms with E-state index in [1.807, 2.05) is 24.4 Å². The van der Waals surface area contributed by atoms with Gasteiger partial charge in [0.25, 0.3) is 0 Å². The SMILES string of the molecule is CC(C)(O)COc1cc(-c2ccc(N3CC4COC(C3)N4)nc2)c2c(C#N)cnn2c1. The Kier molecular flexibility index (Phi) is 4.78. The van der Waals surface area contributed by atoms with E-state index >= 15 is 0 Å². The molecule has 2 N–H and O–H groups in total. The van der Waals surface area contributed by atoms with E-state index in [1.165, 1.54) is 6.20 Å². The van der Waals surface area contributed by atoms with Crippen LogP contribution in [0.3, 0.4) is 0 Å². The molecule has 0 spiro atoms. The second kappa shape index (κ2) is 7.50. The highest BCUT2D eigenvalue weighted by Crippen LogP contribution is 2.32. The molecule has 5 rings (SSSR count). The van der Waals surface area contributed by atoms with Crippen molar-refractivity contribution in [2.75, 3.05) is 31.2 Å². The van der Waals surface area contributed by atoms with E-state index < -0.39 is 5.60 Å². The smallest absolute Gasteiger partial charge is 0.138 e. The fraction of sp³-hybridized carbons (Fsp3) is 0.409.